The van der Waals surface area contributed by atoms with E-state index in [1.54, 1.807) is 35.9 Å². The number of benzene rings is 1. The summed E-state index contributed by atoms with van der Waals surface area (Å²) in [6.07, 6.45) is 0. The zero-order chi connectivity index (χ0) is 20.3. The first-order valence-corrected chi connectivity index (χ1v) is 9.40. The Bertz CT molecular complexity index is 856. The number of piperazine rings is 1. The summed E-state index contributed by atoms with van der Waals surface area (Å²) < 4.78 is 19.2. The molecule has 1 aromatic carbocycles. The number of amides is 2. The van der Waals surface area contributed by atoms with Crippen molar-refractivity contribution in [2.75, 3.05) is 39.8 Å². The standard InChI is InChI=1S/C21H26FN3O3/c1-15-4-6-17(12-19(15)22)21(27)25-10-8-24(9-11-25)14-20(26)23(3)13-18-7-5-16(2)28-18/h4-7,12H,8-11,13-14H2,1-3H3. The SMILES string of the molecule is Cc1ccc(CN(C)C(=O)CN2CCN(C(=O)c3ccc(C)c(F)c3)CC2)o1. The van der Waals surface area contributed by atoms with Gasteiger partial charge in [0.1, 0.15) is 17.3 Å². The van der Waals surface area contributed by atoms with Crippen molar-refractivity contribution in [3.05, 3.63) is 58.8 Å². The molecule has 2 heterocycles. The highest BCUT2D eigenvalue weighted by Gasteiger charge is 2.24. The molecule has 28 heavy (non-hydrogen) atoms. The van der Waals surface area contributed by atoms with Gasteiger partial charge in [-0.25, -0.2) is 4.39 Å². The van der Waals surface area contributed by atoms with E-state index in [4.69, 9.17) is 4.42 Å². The van der Waals surface area contributed by atoms with Crippen molar-refractivity contribution in [1.29, 1.82) is 0 Å². The summed E-state index contributed by atoms with van der Waals surface area (Å²) in [6.45, 7) is 6.53. The van der Waals surface area contributed by atoms with Gasteiger partial charge in [0.15, 0.2) is 0 Å². The molecule has 2 amide bonds. The van der Waals surface area contributed by atoms with Crippen LogP contribution < -0.4 is 0 Å². The third-order valence-corrected chi connectivity index (χ3v) is 5.05. The third kappa shape index (κ3) is 4.78. The van der Waals surface area contributed by atoms with E-state index in [1.165, 1.54) is 6.07 Å². The zero-order valence-electron chi connectivity index (χ0n) is 16.6. The summed E-state index contributed by atoms with van der Waals surface area (Å²) in [7, 11) is 1.76. The topological polar surface area (TPSA) is 57.0 Å². The van der Waals surface area contributed by atoms with Crippen LogP contribution in [0.25, 0.3) is 0 Å². The number of halogens is 1. The normalized spacial score (nSPS) is 14.9. The lowest BCUT2D eigenvalue weighted by Crippen LogP contribution is -2.51. The molecule has 0 N–H and O–H groups in total. The van der Waals surface area contributed by atoms with Gasteiger partial charge in [-0.1, -0.05) is 6.07 Å². The first-order chi connectivity index (χ1) is 13.3. The number of carbonyl (C=O) groups excluding carboxylic acids is 2. The van der Waals surface area contributed by atoms with Crippen molar-refractivity contribution in [2.24, 2.45) is 0 Å². The van der Waals surface area contributed by atoms with E-state index in [-0.39, 0.29) is 17.6 Å². The van der Waals surface area contributed by atoms with Gasteiger partial charge in [0.2, 0.25) is 5.91 Å². The molecular weight excluding hydrogens is 361 g/mol. The van der Waals surface area contributed by atoms with Gasteiger partial charge in [-0.2, -0.15) is 0 Å². The number of aryl methyl sites for hydroxylation is 2. The maximum absolute atomic E-state index is 13.7. The highest BCUT2D eigenvalue weighted by molar-refractivity contribution is 5.94. The number of hydrogen-bond donors (Lipinski definition) is 0. The Hall–Kier alpha value is -2.67. The van der Waals surface area contributed by atoms with Crippen molar-refractivity contribution >= 4 is 11.8 Å². The maximum Gasteiger partial charge on any atom is 0.254 e. The van der Waals surface area contributed by atoms with Crippen LogP contribution in [0.3, 0.4) is 0 Å². The second-order valence-corrected chi connectivity index (χ2v) is 7.29. The summed E-state index contributed by atoms with van der Waals surface area (Å²) in [5, 5.41) is 0. The molecule has 3 rings (SSSR count). The van der Waals surface area contributed by atoms with Gasteiger partial charge in [0.25, 0.3) is 5.91 Å². The average molecular weight is 387 g/mol. The van der Waals surface area contributed by atoms with Crippen molar-refractivity contribution < 1.29 is 18.4 Å². The second-order valence-electron chi connectivity index (χ2n) is 7.29. The molecule has 0 spiro atoms. The number of nitrogens with zero attached hydrogens (tertiary/aromatic N) is 3. The third-order valence-electron chi connectivity index (χ3n) is 5.05. The molecule has 1 saturated heterocycles. The van der Waals surface area contributed by atoms with Crippen LogP contribution in [0.4, 0.5) is 4.39 Å². The van der Waals surface area contributed by atoms with Crippen LogP contribution in [-0.4, -0.2) is 66.3 Å². The summed E-state index contributed by atoms with van der Waals surface area (Å²) in [6, 6.07) is 8.32. The van der Waals surface area contributed by atoms with Gasteiger partial charge >= 0.3 is 0 Å². The van der Waals surface area contributed by atoms with Crippen molar-refractivity contribution in [3.8, 4) is 0 Å². The Kier molecular flexibility index (Phi) is 6.14. The molecule has 0 saturated carbocycles. The quantitative estimate of drug-likeness (QED) is 0.791. The van der Waals surface area contributed by atoms with Gasteiger partial charge in [-0.05, 0) is 43.7 Å². The highest BCUT2D eigenvalue weighted by Crippen LogP contribution is 2.14. The van der Waals surface area contributed by atoms with Gasteiger partial charge in [0.05, 0.1) is 13.1 Å². The molecule has 1 aliphatic rings. The first kappa shape index (κ1) is 20.1. The van der Waals surface area contributed by atoms with E-state index in [2.05, 4.69) is 0 Å². The molecule has 7 heteroatoms. The lowest BCUT2D eigenvalue weighted by Gasteiger charge is -2.35. The smallest absolute Gasteiger partial charge is 0.254 e. The molecule has 150 valence electrons. The fraction of sp³-hybridized carbons (Fsp3) is 0.429. The molecule has 0 radical (unpaired) electrons. The molecule has 0 atom stereocenters. The Morgan fingerprint density at radius 3 is 2.43 bits per heavy atom. The summed E-state index contributed by atoms with van der Waals surface area (Å²) in [4.78, 5) is 30.4. The molecule has 0 bridgehead atoms. The molecule has 0 aliphatic carbocycles. The van der Waals surface area contributed by atoms with E-state index >= 15 is 0 Å². The van der Waals surface area contributed by atoms with Gasteiger partial charge < -0.3 is 14.2 Å². The summed E-state index contributed by atoms with van der Waals surface area (Å²) >= 11 is 0. The fourth-order valence-corrected chi connectivity index (χ4v) is 3.22. The first-order valence-electron chi connectivity index (χ1n) is 9.40. The van der Waals surface area contributed by atoms with Crippen molar-refractivity contribution in [3.63, 3.8) is 0 Å². The number of carbonyl (C=O) groups is 2. The van der Waals surface area contributed by atoms with Gasteiger partial charge in [-0.15, -0.1) is 0 Å². The largest absolute Gasteiger partial charge is 0.464 e. The molecular formula is C21H26FN3O3. The van der Waals surface area contributed by atoms with Crippen LogP contribution in [0.1, 0.15) is 27.4 Å². The fourth-order valence-electron chi connectivity index (χ4n) is 3.22. The Morgan fingerprint density at radius 1 is 1.11 bits per heavy atom. The summed E-state index contributed by atoms with van der Waals surface area (Å²) in [5.74, 6) is 1.05. The lowest BCUT2D eigenvalue weighted by molar-refractivity contribution is -0.132. The maximum atomic E-state index is 13.7. The molecule has 0 unspecified atom stereocenters. The van der Waals surface area contributed by atoms with Gasteiger partial charge in [-0.3, -0.25) is 14.5 Å². The van der Waals surface area contributed by atoms with E-state index in [0.29, 0.717) is 50.4 Å². The van der Waals surface area contributed by atoms with Crippen LogP contribution in [0.15, 0.2) is 34.7 Å². The number of furan rings is 1. The van der Waals surface area contributed by atoms with Crippen molar-refractivity contribution in [2.45, 2.75) is 20.4 Å². The molecule has 1 aliphatic heterocycles. The molecule has 2 aromatic rings. The van der Waals surface area contributed by atoms with Crippen LogP contribution in [-0.2, 0) is 11.3 Å². The molecule has 6 nitrogen and oxygen atoms in total. The lowest BCUT2D eigenvalue weighted by atomic mass is 10.1. The number of likely N-dealkylation sites (N-methyl/N-ethyl adjacent to an activating group) is 1. The monoisotopic (exact) mass is 387 g/mol. The number of hydrogen-bond acceptors (Lipinski definition) is 4. The van der Waals surface area contributed by atoms with Crippen LogP contribution in [0.2, 0.25) is 0 Å². The van der Waals surface area contributed by atoms with E-state index < -0.39 is 0 Å². The second kappa shape index (κ2) is 8.56. The predicted molar refractivity (Wildman–Crippen MR) is 103 cm³/mol. The zero-order valence-corrected chi connectivity index (χ0v) is 16.6. The average Bonchev–Trinajstić information content (AvgIpc) is 3.08. The van der Waals surface area contributed by atoms with Gasteiger partial charge in [0, 0.05) is 38.8 Å². The van der Waals surface area contributed by atoms with E-state index in [1.807, 2.05) is 24.0 Å². The van der Waals surface area contributed by atoms with E-state index in [0.717, 1.165) is 11.5 Å². The molecule has 1 aromatic heterocycles. The van der Waals surface area contributed by atoms with Crippen LogP contribution in [0.5, 0.6) is 0 Å². The Morgan fingerprint density at radius 2 is 1.82 bits per heavy atom. The Balaban J connectivity index is 1.48. The highest BCUT2D eigenvalue weighted by atomic mass is 19.1. The van der Waals surface area contributed by atoms with Crippen LogP contribution >= 0.6 is 0 Å². The van der Waals surface area contributed by atoms with E-state index in [9.17, 15) is 14.0 Å². The minimum atomic E-state index is -0.370. The minimum absolute atomic E-state index is 0.00874. The summed E-state index contributed by atoms with van der Waals surface area (Å²) in [5.41, 5.74) is 0.884. The minimum Gasteiger partial charge on any atom is -0.464 e. The van der Waals surface area contributed by atoms with Crippen molar-refractivity contribution in [1.82, 2.24) is 14.7 Å². The number of rotatable bonds is 5. The molecule has 1 fully saturated rings. The predicted octanol–water partition coefficient (Wildman–Crippen LogP) is 2.45. The Labute approximate surface area is 164 Å². The van der Waals surface area contributed by atoms with Crippen LogP contribution in [0, 0.1) is 19.7 Å².